The maximum atomic E-state index is 11.5. The van der Waals surface area contributed by atoms with Crippen LogP contribution in [0.3, 0.4) is 0 Å². The lowest BCUT2D eigenvalue weighted by molar-refractivity contribution is -0.138. The lowest BCUT2D eigenvalue weighted by Crippen LogP contribution is -2.24. The molecular weight excluding hydrogens is 222 g/mol. The molecule has 1 heterocycles. The molecule has 1 aromatic carbocycles. The smallest absolute Gasteiger partial charge is 0.360 e. The Morgan fingerprint density at radius 1 is 1.47 bits per heavy atom. The number of hydrogen-bond acceptors (Lipinski definition) is 5. The second kappa shape index (κ2) is 4.69. The Kier molecular flexibility index (Phi) is 3.09. The van der Waals surface area contributed by atoms with Crippen LogP contribution < -0.4 is 10.1 Å². The Morgan fingerprint density at radius 3 is 3.00 bits per heavy atom. The van der Waals surface area contributed by atoms with Crippen LogP contribution in [0.25, 0.3) is 0 Å². The normalized spacial score (nSPS) is 15.8. The van der Waals surface area contributed by atoms with Crippen molar-refractivity contribution in [3.63, 3.8) is 0 Å². The molecule has 1 aromatic rings. The molecule has 17 heavy (non-hydrogen) atoms. The standard InChI is InChI=1S/C12H11NO4/c1-2-16-11(14)7-9-12(15)17-10-6-4-3-5-8(10)13-9/h3-7,13H,2H2,1H3/b9-7+. The highest BCUT2D eigenvalue weighted by atomic mass is 16.5. The minimum absolute atomic E-state index is 0.0714. The molecule has 5 heteroatoms. The van der Waals surface area contributed by atoms with E-state index in [4.69, 9.17) is 9.47 Å². The van der Waals surface area contributed by atoms with Crippen molar-refractivity contribution in [1.82, 2.24) is 0 Å². The predicted octanol–water partition coefficient (Wildman–Crippen LogP) is 1.46. The van der Waals surface area contributed by atoms with Gasteiger partial charge >= 0.3 is 11.9 Å². The third-order valence-corrected chi connectivity index (χ3v) is 2.13. The van der Waals surface area contributed by atoms with Crippen molar-refractivity contribution in [3.8, 4) is 5.75 Å². The van der Waals surface area contributed by atoms with E-state index in [-0.39, 0.29) is 12.3 Å². The number of fused-ring (bicyclic) bond motifs is 1. The number of anilines is 1. The van der Waals surface area contributed by atoms with Crippen molar-refractivity contribution >= 4 is 17.6 Å². The first-order chi connectivity index (χ1) is 8.20. The Bertz CT molecular complexity index is 493. The number of para-hydroxylation sites is 2. The Labute approximate surface area is 98.0 Å². The third-order valence-electron chi connectivity index (χ3n) is 2.13. The number of hydrogen-bond donors (Lipinski definition) is 1. The number of benzene rings is 1. The summed E-state index contributed by atoms with van der Waals surface area (Å²) in [5.74, 6) is -0.735. The van der Waals surface area contributed by atoms with Crippen LogP contribution in [0.2, 0.25) is 0 Å². The van der Waals surface area contributed by atoms with Crippen LogP contribution in [-0.4, -0.2) is 18.5 Å². The van der Waals surface area contributed by atoms with Gasteiger partial charge in [0.2, 0.25) is 0 Å². The maximum absolute atomic E-state index is 11.5. The zero-order valence-electron chi connectivity index (χ0n) is 9.23. The Hall–Kier alpha value is -2.30. The molecule has 0 radical (unpaired) electrons. The molecule has 0 spiro atoms. The van der Waals surface area contributed by atoms with Gasteiger partial charge in [0.05, 0.1) is 18.4 Å². The molecule has 0 saturated heterocycles. The summed E-state index contributed by atoms with van der Waals surface area (Å²) in [6, 6.07) is 6.98. The van der Waals surface area contributed by atoms with Gasteiger partial charge in [-0.25, -0.2) is 9.59 Å². The van der Waals surface area contributed by atoms with E-state index in [1.54, 1.807) is 31.2 Å². The van der Waals surface area contributed by atoms with Gasteiger partial charge in [0.15, 0.2) is 5.75 Å². The molecule has 2 rings (SSSR count). The molecule has 0 saturated carbocycles. The van der Waals surface area contributed by atoms with E-state index in [1.807, 2.05) is 0 Å². The molecule has 0 amide bonds. The summed E-state index contributed by atoms with van der Waals surface area (Å²) in [4.78, 5) is 22.8. The summed E-state index contributed by atoms with van der Waals surface area (Å²) < 4.78 is 9.76. The highest BCUT2D eigenvalue weighted by Gasteiger charge is 2.22. The highest BCUT2D eigenvalue weighted by molar-refractivity contribution is 6.02. The molecule has 0 unspecified atom stereocenters. The Morgan fingerprint density at radius 2 is 2.24 bits per heavy atom. The number of carbonyl (C=O) groups excluding carboxylic acids is 2. The molecule has 0 atom stereocenters. The fourth-order valence-corrected chi connectivity index (χ4v) is 1.41. The molecule has 0 bridgehead atoms. The monoisotopic (exact) mass is 233 g/mol. The van der Waals surface area contributed by atoms with Crippen LogP contribution in [0.4, 0.5) is 5.69 Å². The fourth-order valence-electron chi connectivity index (χ4n) is 1.41. The van der Waals surface area contributed by atoms with Gasteiger partial charge in [-0.1, -0.05) is 12.1 Å². The molecule has 1 aliphatic rings. The van der Waals surface area contributed by atoms with Gasteiger partial charge < -0.3 is 14.8 Å². The van der Waals surface area contributed by atoms with Crippen molar-refractivity contribution in [2.75, 3.05) is 11.9 Å². The third kappa shape index (κ3) is 2.44. The van der Waals surface area contributed by atoms with E-state index in [2.05, 4.69) is 5.32 Å². The van der Waals surface area contributed by atoms with Crippen LogP contribution in [-0.2, 0) is 14.3 Å². The van der Waals surface area contributed by atoms with Crippen LogP contribution in [0.15, 0.2) is 36.0 Å². The lowest BCUT2D eigenvalue weighted by atomic mass is 10.2. The summed E-state index contributed by atoms with van der Waals surface area (Å²) in [6.07, 6.45) is 1.09. The number of carbonyl (C=O) groups is 2. The van der Waals surface area contributed by atoms with Gasteiger partial charge in [0.25, 0.3) is 0 Å². The van der Waals surface area contributed by atoms with E-state index in [0.29, 0.717) is 11.4 Å². The number of rotatable bonds is 2. The van der Waals surface area contributed by atoms with Crippen molar-refractivity contribution < 1.29 is 19.1 Å². The summed E-state index contributed by atoms with van der Waals surface area (Å²) in [5.41, 5.74) is 0.713. The minimum atomic E-state index is -0.600. The molecule has 1 aliphatic heterocycles. The molecule has 0 aromatic heterocycles. The zero-order valence-corrected chi connectivity index (χ0v) is 9.23. The summed E-state index contributed by atoms with van der Waals surface area (Å²) in [5, 5.41) is 2.82. The van der Waals surface area contributed by atoms with Gasteiger partial charge in [0.1, 0.15) is 5.70 Å². The molecule has 5 nitrogen and oxygen atoms in total. The van der Waals surface area contributed by atoms with Gasteiger partial charge in [-0.15, -0.1) is 0 Å². The molecule has 1 N–H and O–H groups in total. The molecule has 0 aliphatic carbocycles. The lowest BCUT2D eigenvalue weighted by Gasteiger charge is -2.19. The minimum Gasteiger partial charge on any atom is -0.463 e. The fraction of sp³-hybridized carbons (Fsp3) is 0.167. The van der Waals surface area contributed by atoms with Crippen LogP contribution in [0.5, 0.6) is 5.75 Å². The van der Waals surface area contributed by atoms with Crippen molar-refractivity contribution in [2.45, 2.75) is 6.92 Å². The van der Waals surface area contributed by atoms with Gasteiger partial charge in [0, 0.05) is 0 Å². The first kappa shape index (κ1) is 11.2. The van der Waals surface area contributed by atoms with E-state index in [0.717, 1.165) is 6.08 Å². The largest absolute Gasteiger partial charge is 0.463 e. The van der Waals surface area contributed by atoms with E-state index in [9.17, 15) is 9.59 Å². The van der Waals surface area contributed by atoms with Crippen molar-refractivity contribution in [2.24, 2.45) is 0 Å². The molecule has 88 valence electrons. The average Bonchev–Trinajstić information content (AvgIpc) is 2.30. The number of esters is 2. The van der Waals surface area contributed by atoms with Crippen molar-refractivity contribution in [1.29, 1.82) is 0 Å². The van der Waals surface area contributed by atoms with Crippen molar-refractivity contribution in [3.05, 3.63) is 36.0 Å². The van der Waals surface area contributed by atoms with Crippen LogP contribution >= 0.6 is 0 Å². The SMILES string of the molecule is CCOC(=O)/C=C1/Nc2ccccc2OC1=O. The maximum Gasteiger partial charge on any atom is 0.360 e. The quantitative estimate of drug-likeness (QED) is 0.476. The second-order valence-corrected chi connectivity index (χ2v) is 3.32. The summed E-state index contributed by atoms with van der Waals surface area (Å²) in [7, 11) is 0. The summed E-state index contributed by atoms with van der Waals surface area (Å²) >= 11 is 0. The average molecular weight is 233 g/mol. The van der Waals surface area contributed by atoms with E-state index < -0.39 is 11.9 Å². The first-order valence-electron chi connectivity index (χ1n) is 5.17. The second-order valence-electron chi connectivity index (χ2n) is 3.32. The predicted molar refractivity (Wildman–Crippen MR) is 60.4 cm³/mol. The zero-order chi connectivity index (χ0) is 12.3. The first-order valence-corrected chi connectivity index (χ1v) is 5.17. The van der Waals surface area contributed by atoms with E-state index in [1.165, 1.54) is 0 Å². The van der Waals surface area contributed by atoms with Gasteiger partial charge in [-0.3, -0.25) is 0 Å². The van der Waals surface area contributed by atoms with Crippen LogP contribution in [0, 0.1) is 0 Å². The highest BCUT2D eigenvalue weighted by Crippen LogP contribution is 2.29. The van der Waals surface area contributed by atoms with Gasteiger partial charge in [-0.2, -0.15) is 0 Å². The molecular formula is C12H11NO4. The molecule has 0 fully saturated rings. The Balaban J connectivity index is 2.23. The van der Waals surface area contributed by atoms with Gasteiger partial charge in [-0.05, 0) is 19.1 Å². The van der Waals surface area contributed by atoms with Crippen LogP contribution in [0.1, 0.15) is 6.92 Å². The summed E-state index contributed by atoms with van der Waals surface area (Å²) in [6.45, 7) is 1.95. The topological polar surface area (TPSA) is 64.6 Å². The number of ether oxygens (including phenoxy) is 2. The number of nitrogens with one attached hydrogen (secondary N) is 1. The van der Waals surface area contributed by atoms with E-state index >= 15 is 0 Å².